The van der Waals surface area contributed by atoms with Crippen molar-refractivity contribution in [2.45, 2.75) is 38.4 Å². The van der Waals surface area contributed by atoms with Crippen molar-refractivity contribution in [2.24, 2.45) is 5.92 Å². The molecule has 2 N–H and O–H groups in total. The Morgan fingerprint density at radius 2 is 1.86 bits per heavy atom. The number of carbonyl (C=O) groups is 1. The summed E-state index contributed by atoms with van der Waals surface area (Å²) in [4.78, 5) is 38.0. The van der Waals surface area contributed by atoms with Gasteiger partial charge in [-0.3, -0.25) is 23.9 Å². The van der Waals surface area contributed by atoms with Crippen LogP contribution in [0, 0.1) is 26.7 Å². The highest BCUT2D eigenvalue weighted by Crippen LogP contribution is 2.29. The van der Waals surface area contributed by atoms with Crippen LogP contribution in [0.25, 0.3) is 22.0 Å². The topological polar surface area (TPSA) is 136 Å². The summed E-state index contributed by atoms with van der Waals surface area (Å²) in [7, 11) is -2.29. The van der Waals surface area contributed by atoms with Gasteiger partial charge in [0.25, 0.3) is 15.6 Å². The standard InChI is InChI=1S/C24H26N6O4S2/c1-13(22(31)25-5)11-30-12-27-20-7-6-17(8-19(20)23(30)32)18-9-21(14(2)26-10-18)29-36(33,34)24-15(3)28-16(4)35-24/h6-10,12-13,29H,11H2,1-5H3,(H,25,31)/t13-/m0/s1. The molecular weight excluding hydrogens is 500 g/mol. The Morgan fingerprint density at radius 3 is 2.53 bits per heavy atom. The SMILES string of the molecule is CNC(=O)[C@@H](C)Cn1cnc2ccc(-c3cnc(C)c(NS(=O)(=O)c4sc(C)nc4C)c3)cc2c1=O. The minimum Gasteiger partial charge on any atom is -0.359 e. The van der Waals surface area contributed by atoms with Gasteiger partial charge in [0.15, 0.2) is 4.21 Å². The van der Waals surface area contributed by atoms with Gasteiger partial charge in [-0.15, -0.1) is 11.3 Å². The lowest BCUT2D eigenvalue weighted by molar-refractivity contribution is -0.124. The fourth-order valence-electron chi connectivity index (χ4n) is 3.84. The highest BCUT2D eigenvalue weighted by atomic mass is 32.2. The Kier molecular flexibility index (Phi) is 6.92. The van der Waals surface area contributed by atoms with Crippen molar-refractivity contribution in [3.8, 4) is 11.1 Å². The first-order valence-electron chi connectivity index (χ1n) is 11.1. The van der Waals surface area contributed by atoms with E-state index in [-0.39, 0.29) is 22.2 Å². The fraction of sp³-hybridized carbons (Fsp3) is 0.292. The van der Waals surface area contributed by atoms with E-state index in [9.17, 15) is 18.0 Å². The van der Waals surface area contributed by atoms with Crippen LogP contribution in [0.5, 0.6) is 0 Å². The molecule has 36 heavy (non-hydrogen) atoms. The van der Waals surface area contributed by atoms with Gasteiger partial charge in [-0.05, 0) is 44.5 Å². The van der Waals surface area contributed by atoms with E-state index < -0.39 is 15.9 Å². The molecule has 0 bridgehead atoms. The number of rotatable bonds is 7. The second kappa shape index (κ2) is 9.78. The molecule has 12 heteroatoms. The molecule has 0 aliphatic heterocycles. The average molecular weight is 527 g/mol. The van der Waals surface area contributed by atoms with Crippen LogP contribution >= 0.6 is 11.3 Å². The van der Waals surface area contributed by atoms with Crippen molar-refractivity contribution in [1.82, 2.24) is 24.8 Å². The summed E-state index contributed by atoms with van der Waals surface area (Å²) in [6, 6.07) is 6.92. The molecule has 0 aliphatic rings. The van der Waals surface area contributed by atoms with E-state index in [0.717, 1.165) is 11.3 Å². The predicted molar refractivity (Wildman–Crippen MR) is 140 cm³/mol. The molecule has 1 atom stereocenters. The lowest BCUT2D eigenvalue weighted by Gasteiger charge is -2.13. The number of hydrogen-bond acceptors (Lipinski definition) is 8. The number of aryl methyl sites for hydroxylation is 3. The third kappa shape index (κ3) is 5.00. The minimum atomic E-state index is -3.84. The number of fused-ring (bicyclic) bond motifs is 1. The molecule has 0 fully saturated rings. The number of benzene rings is 1. The van der Waals surface area contributed by atoms with Crippen LogP contribution in [-0.2, 0) is 21.4 Å². The molecule has 4 aromatic rings. The van der Waals surface area contributed by atoms with E-state index in [2.05, 4.69) is 25.0 Å². The third-order valence-electron chi connectivity index (χ3n) is 5.76. The number of hydrogen-bond donors (Lipinski definition) is 2. The largest absolute Gasteiger partial charge is 0.359 e. The molecule has 0 spiro atoms. The van der Waals surface area contributed by atoms with Crippen molar-refractivity contribution in [1.29, 1.82) is 0 Å². The zero-order chi connectivity index (χ0) is 26.2. The molecule has 3 heterocycles. The van der Waals surface area contributed by atoms with Gasteiger partial charge >= 0.3 is 0 Å². The van der Waals surface area contributed by atoms with Crippen molar-refractivity contribution in [2.75, 3.05) is 11.8 Å². The van der Waals surface area contributed by atoms with Gasteiger partial charge in [-0.2, -0.15) is 0 Å². The summed E-state index contributed by atoms with van der Waals surface area (Å²) >= 11 is 1.11. The second-order valence-electron chi connectivity index (χ2n) is 8.52. The summed E-state index contributed by atoms with van der Waals surface area (Å²) < 4.78 is 30.2. The third-order valence-corrected chi connectivity index (χ3v) is 8.81. The van der Waals surface area contributed by atoms with Gasteiger partial charge in [0.2, 0.25) is 5.91 Å². The van der Waals surface area contributed by atoms with E-state index in [1.54, 1.807) is 65.2 Å². The van der Waals surface area contributed by atoms with E-state index in [1.807, 2.05) is 0 Å². The second-order valence-corrected chi connectivity index (χ2v) is 11.6. The summed E-state index contributed by atoms with van der Waals surface area (Å²) in [6.07, 6.45) is 3.06. The molecule has 10 nitrogen and oxygen atoms in total. The van der Waals surface area contributed by atoms with E-state index in [0.29, 0.717) is 44.1 Å². The Labute approximate surface area is 212 Å². The lowest BCUT2D eigenvalue weighted by Crippen LogP contribution is -2.32. The number of aromatic nitrogens is 4. The van der Waals surface area contributed by atoms with Crippen LogP contribution in [0.4, 0.5) is 5.69 Å². The molecule has 0 saturated heterocycles. The number of thiazole rings is 1. The average Bonchev–Trinajstić information content (AvgIpc) is 3.20. The first-order chi connectivity index (χ1) is 17.0. The van der Waals surface area contributed by atoms with Gasteiger partial charge in [0.1, 0.15) is 0 Å². The maximum Gasteiger partial charge on any atom is 0.273 e. The van der Waals surface area contributed by atoms with Crippen molar-refractivity contribution in [3.05, 3.63) is 63.5 Å². The highest BCUT2D eigenvalue weighted by molar-refractivity contribution is 7.94. The molecular formula is C24H26N6O4S2. The summed E-state index contributed by atoms with van der Waals surface area (Å²) in [6.45, 7) is 7.06. The minimum absolute atomic E-state index is 0.160. The Hall–Kier alpha value is -3.64. The monoisotopic (exact) mass is 526 g/mol. The van der Waals surface area contributed by atoms with Crippen LogP contribution in [0.15, 0.2) is 45.8 Å². The van der Waals surface area contributed by atoms with Crippen molar-refractivity contribution >= 4 is 43.9 Å². The normalized spacial score (nSPS) is 12.5. The fourth-order valence-corrected chi connectivity index (χ4v) is 6.43. The maximum atomic E-state index is 13.1. The molecule has 3 aromatic heterocycles. The lowest BCUT2D eigenvalue weighted by atomic mass is 10.0. The number of nitrogens with zero attached hydrogens (tertiary/aromatic N) is 4. The maximum absolute atomic E-state index is 13.1. The smallest absolute Gasteiger partial charge is 0.273 e. The van der Waals surface area contributed by atoms with Crippen LogP contribution in [0.2, 0.25) is 0 Å². The number of pyridine rings is 1. The van der Waals surface area contributed by atoms with Gasteiger partial charge < -0.3 is 5.32 Å². The Balaban J connectivity index is 1.71. The zero-order valence-corrected chi connectivity index (χ0v) is 22.1. The van der Waals surface area contributed by atoms with Crippen LogP contribution in [-0.4, -0.2) is 40.9 Å². The molecule has 4 rings (SSSR count). The van der Waals surface area contributed by atoms with E-state index in [1.165, 1.54) is 10.9 Å². The van der Waals surface area contributed by atoms with Gasteiger partial charge in [-0.1, -0.05) is 13.0 Å². The number of sulfonamides is 1. The van der Waals surface area contributed by atoms with Crippen LogP contribution in [0.3, 0.4) is 0 Å². The molecule has 0 aliphatic carbocycles. The molecule has 0 saturated carbocycles. The van der Waals surface area contributed by atoms with E-state index >= 15 is 0 Å². The van der Waals surface area contributed by atoms with Gasteiger partial charge in [-0.25, -0.2) is 18.4 Å². The molecule has 188 valence electrons. The Bertz CT molecular complexity index is 1640. The molecule has 0 unspecified atom stereocenters. The van der Waals surface area contributed by atoms with Crippen LogP contribution < -0.4 is 15.6 Å². The van der Waals surface area contributed by atoms with Gasteiger partial charge in [0.05, 0.1) is 45.2 Å². The van der Waals surface area contributed by atoms with Crippen molar-refractivity contribution in [3.63, 3.8) is 0 Å². The van der Waals surface area contributed by atoms with E-state index in [4.69, 9.17) is 0 Å². The predicted octanol–water partition coefficient (Wildman–Crippen LogP) is 3.02. The summed E-state index contributed by atoms with van der Waals surface area (Å²) in [5.74, 6) is -0.571. The first kappa shape index (κ1) is 25.5. The number of nitrogens with one attached hydrogen (secondary N) is 2. The van der Waals surface area contributed by atoms with Gasteiger partial charge in [0, 0.05) is 25.4 Å². The molecule has 1 amide bonds. The number of carbonyl (C=O) groups excluding carboxylic acids is 1. The highest BCUT2D eigenvalue weighted by Gasteiger charge is 2.22. The Morgan fingerprint density at radius 1 is 1.11 bits per heavy atom. The number of anilines is 1. The zero-order valence-electron chi connectivity index (χ0n) is 20.5. The molecule has 1 aromatic carbocycles. The quantitative estimate of drug-likeness (QED) is 0.378. The first-order valence-corrected chi connectivity index (χ1v) is 13.4. The number of amides is 1. The van der Waals surface area contributed by atoms with Crippen LogP contribution in [0.1, 0.15) is 23.3 Å². The van der Waals surface area contributed by atoms with Crippen molar-refractivity contribution < 1.29 is 13.2 Å². The molecule has 0 radical (unpaired) electrons. The summed E-state index contributed by atoms with van der Waals surface area (Å²) in [5, 5.41) is 3.63. The summed E-state index contributed by atoms with van der Waals surface area (Å²) in [5.41, 5.74) is 2.84.